The first-order valence-corrected chi connectivity index (χ1v) is 9.84. The van der Waals surface area contributed by atoms with Crippen LogP contribution in [0.3, 0.4) is 0 Å². The van der Waals surface area contributed by atoms with E-state index in [9.17, 15) is 9.59 Å². The fourth-order valence-electron chi connectivity index (χ4n) is 3.95. The number of quaternary nitrogens is 1. The van der Waals surface area contributed by atoms with Gasteiger partial charge in [-0.1, -0.05) is 0 Å². The van der Waals surface area contributed by atoms with Gasteiger partial charge in [0.2, 0.25) is 5.91 Å². The van der Waals surface area contributed by atoms with Crippen molar-refractivity contribution in [2.45, 2.75) is 12.5 Å². The zero-order chi connectivity index (χ0) is 19.5. The molecule has 2 fully saturated rings. The minimum Gasteiger partial charge on any atom is -0.486 e. The Morgan fingerprint density at radius 1 is 1.21 bits per heavy atom. The lowest BCUT2D eigenvalue weighted by Gasteiger charge is -2.32. The average molecular weight is 391 g/mol. The van der Waals surface area contributed by atoms with Gasteiger partial charge in [-0.3, -0.25) is 4.79 Å². The number of carbonyl (C=O) groups excluding carboxylic acids is 2. The van der Waals surface area contributed by atoms with Gasteiger partial charge in [0.05, 0.1) is 38.8 Å². The van der Waals surface area contributed by atoms with Gasteiger partial charge in [-0.2, -0.15) is 0 Å². The maximum absolute atomic E-state index is 12.5. The van der Waals surface area contributed by atoms with Gasteiger partial charge in [-0.15, -0.1) is 0 Å². The van der Waals surface area contributed by atoms with E-state index in [-0.39, 0.29) is 31.0 Å². The molecule has 3 heterocycles. The highest BCUT2D eigenvalue weighted by atomic mass is 16.6. The summed E-state index contributed by atoms with van der Waals surface area (Å²) in [4.78, 5) is 29.8. The number of nitrogens with zero attached hydrogens (tertiary/aromatic N) is 2. The minimum atomic E-state index is -0.212. The summed E-state index contributed by atoms with van der Waals surface area (Å²) in [5, 5.41) is 12.0. The largest absolute Gasteiger partial charge is 0.486 e. The number of urea groups is 1. The lowest BCUT2D eigenvalue weighted by atomic mass is 10.2. The molecular weight excluding hydrogens is 364 g/mol. The summed E-state index contributed by atoms with van der Waals surface area (Å²) in [6, 6.07) is 5.15. The van der Waals surface area contributed by atoms with Crippen molar-refractivity contribution in [3.05, 3.63) is 18.2 Å². The van der Waals surface area contributed by atoms with E-state index >= 15 is 0 Å². The second-order valence-electron chi connectivity index (χ2n) is 7.39. The number of piperazine rings is 1. The number of hydrogen-bond acceptors (Lipinski definition) is 5. The molecule has 4 rings (SSSR count). The summed E-state index contributed by atoms with van der Waals surface area (Å²) >= 11 is 0. The van der Waals surface area contributed by atoms with Crippen molar-refractivity contribution in [2.24, 2.45) is 0 Å². The zero-order valence-corrected chi connectivity index (χ0v) is 15.9. The number of amides is 3. The minimum absolute atomic E-state index is 0.0146. The summed E-state index contributed by atoms with van der Waals surface area (Å²) in [5.41, 5.74) is 0.757. The summed E-state index contributed by atoms with van der Waals surface area (Å²) in [7, 11) is 0. The summed E-state index contributed by atoms with van der Waals surface area (Å²) < 4.78 is 11.1. The van der Waals surface area contributed by atoms with Gasteiger partial charge in [0.1, 0.15) is 19.8 Å². The summed E-state index contributed by atoms with van der Waals surface area (Å²) in [6.07, 6.45) is 0.288. The molecule has 0 aromatic heterocycles. The zero-order valence-electron chi connectivity index (χ0n) is 15.9. The number of benzene rings is 1. The van der Waals surface area contributed by atoms with Crippen LogP contribution in [0.4, 0.5) is 10.5 Å². The van der Waals surface area contributed by atoms with E-state index < -0.39 is 0 Å². The molecule has 0 spiro atoms. The van der Waals surface area contributed by atoms with Crippen molar-refractivity contribution >= 4 is 17.6 Å². The third kappa shape index (κ3) is 4.00. The molecule has 3 aliphatic heterocycles. The van der Waals surface area contributed by atoms with Gasteiger partial charge < -0.3 is 34.6 Å². The third-order valence-electron chi connectivity index (χ3n) is 5.51. The van der Waals surface area contributed by atoms with Crippen molar-refractivity contribution in [2.75, 3.05) is 64.0 Å². The van der Waals surface area contributed by atoms with Crippen LogP contribution in [0.25, 0.3) is 0 Å². The molecule has 0 unspecified atom stereocenters. The van der Waals surface area contributed by atoms with Crippen molar-refractivity contribution < 1.29 is 29.1 Å². The Labute approximate surface area is 163 Å². The molecule has 1 aromatic rings. The molecular formula is C19H27N4O5+. The van der Waals surface area contributed by atoms with Gasteiger partial charge in [0, 0.05) is 24.7 Å². The second-order valence-corrected chi connectivity index (χ2v) is 7.39. The van der Waals surface area contributed by atoms with Crippen molar-refractivity contribution in [3.63, 3.8) is 0 Å². The lowest BCUT2D eigenvalue weighted by Crippen LogP contribution is -3.15. The Morgan fingerprint density at radius 3 is 2.71 bits per heavy atom. The van der Waals surface area contributed by atoms with Gasteiger partial charge in [0.15, 0.2) is 11.5 Å². The van der Waals surface area contributed by atoms with Crippen molar-refractivity contribution in [1.82, 2.24) is 10.2 Å². The smallest absolute Gasteiger partial charge is 0.318 e. The fraction of sp³-hybridized carbons (Fsp3) is 0.579. The molecule has 152 valence electrons. The first-order valence-electron chi connectivity index (χ1n) is 9.84. The number of hydrogen-bond donors (Lipinski definition) is 3. The first kappa shape index (κ1) is 18.8. The van der Waals surface area contributed by atoms with E-state index in [4.69, 9.17) is 14.6 Å². The number of aliphatic hydroxyl groups excluding tert-OH is 1. The highest BCUT2D eigenvalue weighted by molar-refractivity contribution is 5.97. The molecule has 3 amide bonds. The number of anilines is 1. The van der Waals surface area contributed by atoms with E-state index in [1.54, 1.807) is 9.80 Å². The Bertz CT molecular complexity index is 735. The topological polar surface area (TPSA) is 95.8 Å². The molecule has 1 atom stereocenters. The van der Waals surface area contributed by atoms with E-state index in [1.165, 1.54) is 4.90 Å². The van der Waals surface area contributed by atoms with Crippen LogP contribution in [0.2, 0.25) is 0 Å². The van der Waals surface area contributed by atoms with E-state index in [0.717, 1.165) is 25.3 Å². The van der Waals surface area contributed by atoms with Crippen LogP contribution in [-0.2, 0) is 4.79 Å². The maximum atomic E-state index is 12.5. The van der Waals surface area contributed by atoms with E-state index in [2.05, 4.69) is 5.32 Å². The first-order chi connectivity index (χ1) is 13.6. The monoisotopic (exact) mass is 391 g/mol. The lowest BCUT2D eigenvalue weighted by molar-refractivity contribution is -0.904. The Morgan fingerprint density at radius 2 is 1.96 bits per heavy atom. The molecule has 9 nitrogen and oxygen atoms in total. The second kappa shape index (κ2) is 8.24. The molecule has 3 aliphatic rings. The number of nitrogens with one attached hydrogen (secondary N) is 2. The highest BCUT2D eigenvalue weighted by Gasteiger charge is 2.34. The number of fused-ring (bicyclic) bond motifs is 1. The molecule has 2 saturated heterocycles. The van der Waals surface area contributed by atoms with Gasteiger partial charge >= 0.3 is 6.03 Å². The molecule has 9 heteroatoms. The van der Waals surface area contributed by atoms with E-state index in [0.29, 0.717) is 44.3 Å². The quantitative estimate of drug-likeness (QED) is 0.579. The molecule has 0 aliphatic carbocycles. The number of carbonyl (C=O) groups is 2. The van der Waals surface area contributed by atoms with Crippen LogP contribution in [0.1, 0.15) is 6.42 Å². The number of aliphatic hydroxyl groups is 1. The Kier molecular flexibility index (Phi) is 5.54. The van der Waals surface area contributed by atoms with Crippen LogP contribution < -0.4 is 24.6 Å². The Hall–Kier alpha value is -2.52. The molecule has 0 saturated carbocycles. The normalized spacial score (nSPS) is 22.5. The molecule has 0 bridgehead atoms. The van der Waals surface area contributed by atoms with Crippen LogP contribution in [0.15, 0.2) is 18.2 Å². The van der Waals surface area contributed by atoms with Gasteiger partial charge in [0.25, 0.3) is 0 Å². The molecule has 0 radical (unpaired) electrons. The van der Waals surface area contributed by atoms with E-state index in [1.807, 2.05) is 18.2 Å². The predicted molar refractivity (Wildman–Crippen MR) is 101 cm³/mol. The fourth-order valence-corrected chi connectivity index (χ4v) is 3.95. The summed E-state index contributed by atoms with van der Waals surface area (Å²) in [6.45, 7) is 5.34. The van der Waals surface area contributed by atoms with Crippen molar-refractivity contribution in [3.8, 4) is 11.5 Å². The van der Waals surface area contributed by atoms with Crippen LogP contribution in [0, 0.1) is 0 Å². The number of ether oxygens (including phenoxy) is 2. The molecule has 28 heavy (non-hydrogen) atoms. The summed E-state index contributed by atoms with van der Waals surface area (Å²) in [5.74, 6) is 1.32. The van der Waals surface area contributed by atoms with Crippen LogP contribution in [-0.4, -0.2) is 87.1 Å². The average Bonchev–Trinajstić information content (AvgIpc) is 3.08. The van der Waals surface area contributed by atoms with Crippen LogP contribution >= 0.6 is 0 Å². The predicted octanol–water partition coefficient (Wildman–Crippen LogP) is -1.53. The Balaban J connectivity index is 1.33. The third-order valence-corrected chi connectivity index (χ3v) is 5.51. The number of rotatable bonds is 4. The van der Waals surface area contributed by atoms with Gasteiger partial charge in [-0.25, -0.2) is 4.79 Å². The molecule has 1 aromatic carbocycles. The molecule has 3 N–H and O–H groups in total. The van der Waals surface area contributed by atoms with Crippen LogP contribution in [0.5, 0.6) is 11.5 Å². The standard InChI is InChI=1S/C19H26N4O5/c24-8-7-21-3-5-22(6-4-21)19(26)20-14-11-18(25)23(13-14)15-1-2-16-17(12-15)28-10-9-27-16/h1-2,12,14,24H,3-11,13H2,(H,20,26)/p+1/t14-/m0/s1. The maximum Gasteiger partial charge on any atom is 0.318 e. The van der Waals surface area contributed by atoms with Crippen molar-refractivity contribution in [1.29, 1.82) is 0 Å². The highest BCUT2D eigenvalue weighted by Crippen LogP contribution is 2.35. The van der Waals surface area contributed by atoms with Gasteiger partial charge in [-0.05, 0) is 12.1 Å². The SMILES string of the molecule is O=C(N[C@H]1CC(=O)N(c2ccc3c(c2)OCCO3)C1)N1CC[NH+](CCO)CC1.